The molecule has 31 heavy (non-hydrogen) atoms. The molecule has 0 spiro atoms. The highest BCUT2D eigenvalue weighted by Crippen LogP contribution is 2.37. The molecule has 1 aromatic carbocycles. The molecule has 0 aromatic heterocycles. The van der Waals surface area contributed by atoms with Crippen molar-refractivity contribution in [2.24, 2.45) is 17.8 Å². The van der Waals surface area contributed by atoms with Gasteiger partial charge in [0, 0.05) is 30.1 Å². The summed E-state index contributed by atoms with van der Waals surface area (Å²) in [6.45, 7) is 8.17. The van der Waals surface area contributed by atoms with E-state index >= 15 is 0 Å². The van der Waals surface area contributed by atoms with Gasteiger partial charge < -0.3 is 15.0 Å². The number of piperidine rings is 1. The first-order valence-corrected chi connectivity index (χ1v) is 12.0. The summed E-state index contributed by atoms with van der Waals surface area (Å²) < 4.78 is 5.87. The Hall–Kier alpha value is -1.95. The Labute approximate surface area is 190 Å². The topological polar surface area (TPSA) is 61.9 Å². The third-order valence-electron chi connectivity index (χ3n) is 7.38. The van der Waals surface area contributed by atoms with Gasteiger partial charge in [-0.3, -0.25) is 9.69 Å². The lowest BCUT2D eigenvalue weighted by Gasteiger charge is -2.40. The minimum Gasteiger partial charge on any atom is -0.487 e. The summed E-state index contributed by atoms with van der Waals surface area (Å²) >= 11 is 6.17. The number of carbonyl (C=O) groups is 2. The Kier molecular flexibility index (Phi) is 6.65. The van der Waals surface area contributed by atoms with Crippen LogP contribution in [0.5, 0.6) is 5.75 Å². The van der Waals surface area contributed by atoms with E-state index in [1.807, 2.05) is 17.9 Å². The molecule has 1 saturated carbocycles. The van der Waals surface area contributed by atoms with Gasteiger partial charge in [0.05, 0.1) is 12.2 Å². The Morgan fingerprint density at radius 1 is 1.10 bits per heavy atom. The molecule has 2 fully saturated rings. The zero-order chi connectivity index (χ0) is 22.1. The lowest BCUT2D eigenvalue weighted by atomic mass is 9.78. The number of nitrogens with zero attached hydrogens (tertiary/aromatic N) is 2. The Morgan fingerprint density at radius 3 is 2.58 bits per heavy atom. The molecule has 4 unspecified atom stereocenters. The number of rotatable bonds is 2. The molecule has 4 rings (SSSR count). The van der Waals surface area contributed by atoms with Crippen LogP contribution in [0.4, 0.5) is 10.5 Å². The lowest BCUT2D eigenvalue weighted by Crippen LogP contribution is -2.53. The number of hydrogen-bond acceptors (Lipinski definition) is 3. The van der Waals surface area contributed by atoms with Crippen molar-refractivity contribution in [1.82, 2.24) is 10.2 Å². The van der Waals surface area contributed by atoms with Crippen LogP contribution in [0.1, 0.15) is 52.9 Å². The lowest BCUT2D eigenvalue weighted by molar-refractivity contribution is -0.127. The maximum Gasteiger partial charge on any atom is 0.324 e. The van der Waals surface area contributed by atoms with Gasteiger partial charge in [0.2, 0.25) is 5.91 Å². The first-order chi connectivity index (χ1) is 14.8. The first kappa shape index (κ1) is 22.3. The number of halogens is 1. The Morgan fingerprint density at radius 2 is 1.84 bits per heavy atom. The zero-order valence-electron chi connectivity index (χ0n) is 18.8. The van der Waals surface area contributed by atoms with Crippen LogP contribution in [-0.2, 0) is 4.79 Å². The van der Waals surface area contributed by atoms with Crippen LogP contribution in [0.25, 0.3) is 0 Å². The quantitative estimate of drug-likeness (QED) is 0.714. The third-order valence-corrected chi connectivity index (χ3v) is 7.62. The molecule has 4 atom stereocenters. The van der Waals surface area contributed by atoms with Gasteiger partial charge in [0.1, 0.15) is 11.9 Å². The van der Waals surface area contributed by atoms with Gasteiger partial charge in [-0.05, 0) is 56.2 Å². The monoisotopic (exact) mass is 447 g/mol. The second kappa shape index (κ2) is 9.27. The number of fused-ring (bicyclic) bond motifs is 1. The minimum absolute atomic E-state index is 0.0150. The van der Waals surface area contributed by atoms with Crippen LogP contribution in [-0.4, -0.2) is 48.6 Å². The van der Waals surface area contributed by atoms with Crippen LogP contribution in [0.15, 0.2) is 18.2 Å². The highest BCUT2D eigenvalue weighted by atomic mass is 35.5. The van der Waals surface area contributed by atoms with Crippen molar-refractivity contribution in [1.29, 1.82) is 0 Å². The first-order valence-electron chi connectivity index (χ1n) is 11.7. The van der Waals surface area contributed by atoms with E-state index in [1.54, 1.807) is 17.0 Å². The standard InChI is InChI=1S/C24H34ClN3O3/c1-15-5-4-6-20(17(15)3)26-23(29)18-9-11-27(12-10-18)24(30)28-14-16(2)31-22-8-7-19(25)13-21(22)28/h7-8,13,15-18,20H,4-6,9-12,14H2,1-3H3,(H,26,29). The molecule has 7 heteroatoms. The number of benzene rings is 1. The molecular formula is C24H34ClN3O3. The molecule has 0 bridgehead atoms. The van der Waals surface area contributed by atoms with Gasteiger partial charge in [-0.2, -0.15) is 0 Å². The van der Waals surface area contributed by atoms with Crippen LogP contribution >= 0.6 is 11.6 Å². The van der Waals surface area contributed by atoms with Crippen molar-refractivity contribution in [3.05, 3.63) is 23.2 Å². The molecule has 3 amide bonds. The molecule has 1 aliphatic carbocycles. The van der Waals surface area contributed by atoms with Gasteiger partial charge in [-0.1, -0.05) is 38.3 Å². The normalized spacial score (nSPS) is 29.2. The van der Waals surface area contributed by atoms with Crippen LogP contribution in [0.2, 0.25) is 5.02 Å². The molecule has 2 aliphatic heterocycles. The number of ether oxygens (including phenoxy) is 1. The average molecular weight is 448 g/mol. The predicted molar refractivity (Wildman–Crippen MR) is 123 cm³/mol. The fraction of sp³-hybridized carbons (Fsp3) is 0.667. The van der Waals surface area contributed by atoms with Crippen LogP contribution < -0.4 is 15.0 Å². The van der Waals surface area contributed by atoms with E-state index in [4.69, 9.17) is 16.3 Å². The van der Waals surface area contributed by atoms with Crippen molar-refractivity contribution in [3.8, 4) is 5.75 Å². The largest absolute Gasteiger partial charge is 0.487 e. The summed E-state index contributed by atoms with van der Waals surface area (Å²) in [5, 5.41) is 3.90. The van der Waals surface area contributed by atoms with E-state index in [0.29, 0.717) is 55.1 Å². The molecule has 1 N–H and O–H groups in total. The predicted octanol–water partition coefficient (Wildman–Crippen LogP) is 4.70. The number of amides is 3. The number of hydrogen-bond donors (Lipinski definition) is 1. The summed E-state index contributed by atoms with van der Waals surface area (Å²) in [4.78, 5) is 29.8. The maximum absolute atomic E-state index is 13.3. The van der Waals surface area contributed by atoms with E-state index in [9.17, 15) is 9.59 Å². The number of urea groups is 1. The number of carbonyl (C=O) groups excluding carboxylic acids is 2. The van der Waals surface area contributed by atoms with Gasteiger partial charge >= 0.3 is 6.03 Å². The fourth-order valence-electron chi connectivity index (χ4n) is 5.18. The molecule has 0 radical (unpaired) electrons. The highest BCUT2D eigenvalue weighted by molar-refractivity contribution is 6.31. The fourth-order valence-corrected chi connectivity index (χ4v) is 5.35. The second-order valence-corrected chi connectivity index (χ2v) is 10.0. The number of anilines is 1. The van der Waals surface area contributed by atoms with Crippen molar-refractivity contribution in [2.75, 3.05) is 24.5 Å². The minimum atomic E-state index is -0.0826. The second-order valence-electron chi connectivity index (χ2n) is 9.58. The smallest absolute Gasteiger partial charge is 0.324 e. The van der Waals surface area contributed by atoms with Gasteiger partial charge in [-0.25, -0.2) is 4.79 Å². The SMILES string of the molecule is CC1CN(C(=O)N2CCC(C(=O)NC3CCCC(C)C3C)CC2)c2cc(Cl)ccc2O1. The van der Waals surface area contributed by atoms with Crippen molar-refractivity contribution in [2.45, 2.75) is 65.0 Å². The molecule has 3 aliphatic rings. The molecule has 1 aromatic rings. The Bertz CT molecular complexity index is 824. The molecule has 2 heterocycles. The zero-order valence-corrected chi connectivity index (χ0v) is 19.5. The van der Waals surface area contributed by atoms with Gasteiger partial charge in [0.15, 0.2) is 0 Å². The van der Waals surface area contributed by atoms with Crippen molar-refractivity contribution in [3.63, 3.8) is 0 Å². The number of likely N-dealkylation sites (tertiary alicyclic amines) is 1. The summed E-state index contributed by atoms with van der Waals surface area (Å²) in [7, 11) is 0. The average Bonchev–Trinajstić information content (AvgIpc) is 2.76. The molecular weight excluding hydrogens is 414 g/mol. The van der Waals surface area contributed by atoms with E-state index in [0.717, 1.165) is 12.1 Å². The van der Waals surface area contributed by atoms with E-state index in [2.05, 4.69) is 19.2 Å². The third kappa shape index (κ3) is 4.79. The summed E-state index contributed by atoms with van der Waals surface area (Å²) in [5.41, 5.74) is 0.718. The van der Waals surface area contributed by atoms with E-state index < -0.39 is 0 Å². The Balaban J connectivity index is 1.35. The van der Waals surface area contributed by atoms with E-state index in [1.165, 1.54) is 12.8 Å². The van der Waals surface area contributed by atoms with Crippen molar-refractivity contribution >= 4 is 29.2 Å². The summed E-state index contributed by atoms with van der Waals surface area (Å²) in [5.74, 6) is 2.01. The van der Waals surface area contributed by atoms with Crippen LogP contribution in [0.3, 0.4) is 0 Å². The summed E-state index contributed by atoms with van der Waals surface area (Å²) in [6, 6.07) is 5.63. The molecule has 170 valence electrons. The number of nitrogens with one attached hydrogen (secondary N) is 1. The molecule has 6 nitrogen and oxygen atoms in total. The van der Waals surface area contributed by atoms with Gasteiger partial charge in [0.25, 0.3) is 0 Å². The van der Waals surface area contributed by atoms with E-state index in [-0.39, 0.29) is 30.0 Å². The van der Waals surface area contributed by atoms with Gasteiger partial charge in [-0.15, -0.1) is 0 Å². The molecule has 1 saturated heterocycles. The van der Waals surface area contributed by atoms with Crippen LogP contribution in [0, 0.1) is 17.8 Å². The summed E-state index contributed by atoms with van der Waals surface area (Å²) in [6.07, 6.45) is 4.84. The highest BCUT2D eigenvalue weighted by Gasteiger charge is 2.35. The maximum atomic E-state index is 13.3. The van der Waals surface area contributed by atoms with Crippen molar-refractivity contribution < 1.29 is 14.3 Å².